The van der Waals surface area contributed by atoms with Crippen LogP contribution in [0.4, 0.5) is 4.39 Å². The van der Waals surface area contributed by atoms with E-state index in [4.69, 9.17) is 5.21 Å². The number of hydroxylamine groups is 2. The van der Waals surface area contributed by atoms with Gasteiger partial charge in [-0.3, -0.25) is 0 Å². The summed E-state index contributed by atoms with van der Waals surface area (Å²) >= 11 is 0. The molecule has 0 aliphatic rings. The van der Waals surface area contributed by atoms with Crippen molar-refractivity contribution in [1.82, 2.24) is 5.06 Å². The Bertz CT molecular complexity index is 310. The second-order valence-electron chi connectivity index (χ2n) is 3.28. The molecule has 1 rings (SSSR count). The molecule has 0 atom stereocenters. The van der Waals surface area contributed by atoms with Crippen LogP contribution in [0.5, 0.6) is 0 Å². The van der Waals surface area contributed by atoms with Crippen LogP contribution in [0.15, 0.2) is 12.1 Å². The second kappa shape index (κ2) is 3.85. The molecule has 1 N–H and O–H groups in total. The van der Waals surface area contributed by atoms with Crippen molar-refractivity contribution in [2.24, 2.45) is 0 Å². The van der Waals surface area contributed by atoms with Crippen LogP contribution >= 0.6 is 0 Å². The van der Waals surface area contributed by atoms with E-state index in [0.29, 0.717) is 5.56 Å². The molecule has 0 aliphatic carbocycles. The molecular weight excluding hydrogens is 169 g/mol. The van der Waals surface area contributed by atoms with E-state index >= 15 is 0 Å². The van der Waals surface area contributed by atoms with Gasteiger partial charge in [0.2, 0.25) is 0 Å². The van der Waals surface area contributed by atoms with Gasteiger partial charge in [-0.15, -0.1) is 0 Å². The average molecular weight is 183 g/mol. The second-order valence-corrected chi connectivity index (χ2v) is 3.28. The molecule has 0 heterocycles. The molecule has 0 saturated heterocycles. The van der Waals surface area contributed by atoms with Gasteiger partial charge in [0.05, 0.1) is 6.54 Å². The molecule has 0 bridgehead atoms. The monoisotopic (exact) mass is 183 g/mol. The Hall–Kier alpha value is -0.930. The van der Waals surface area contributed by atoms with Crippen LogP contribution in [0.1, 0.15) is 16.7 Å². The fourth-order valence-electron chi connectivity index (χ4n) is 1.26. The number of rotatable bonds is 2. The summed E-state index contributed by atoms with van der Waals surface area (Å²) in [5.41, 5.74) is 2.50. The summed E-state index contributed by atoms with van der Waals surface area (Å²) in [5, 5.41) is 9.99. The summed E-state index contributed by atoms with van der Waals surface area (Å²) in [6.45, 7) is 4.01. The molecule has 72 valence electrons. The van der Waals surface area contributed by atoms with Crippen molar-refractivity contribution in [3.63, 3.8) is 0 Å². The highest BCUT2D eigenvalue weighted by Gasteiger charge is 2.08. The Balaban J connectivity index is 3.10. The fourth-order valence-corrected chi connectivity index (χ4v) is 1.26. The highest BCUT2D eigenvalue weighted by molar-refractivity contribution is 5.34. The van der Waals surface area contributed by atoms with Crippen molar-refractivity contribution < 1.29 is 9.60 Å². The first-order chi connectivity index (χ1) is 6.02. The first-order valence-corrected chi connectivity index (χ1v) is 4.17. The van der Waals surface area contributed by atoms with Crippen molar-refractivity contribution in [3.05, 3.63) is 34.6 Å². The number of aryl methyl sites for hydroxylation is 1. The van der Waals surface area contributed by atoms with Crippen LogP contribution in [0.25, 0.3) is 0 Å². The third kappa shape index (κ3) is 2.26. The van der Waals surface area contributed by atoms with Gasteiger partial charge in [-0.1, -0.05) is 6.07 Å². The number of hydrogen-bond donors (Lipinski definition) is 1. The zero-order valence-electron chi connectivity index (χ0n) is 8.13. The third-order valence-electron chi connectivity index (χ3n) is 2.20. The van der Waals surface area contributed by atoms with Crippen LogP contribution in [-0.2, 0) is 6.54 Å². The van der Waals surface area contributed by atoms with Crippen molar-refractivity contribution in [3.8, 4) is 0 Å². The standard InChI is InChI=1S/C10H14FNO/c1-7-4-5-10(11)9(8(7)2)6-12(3)13/h4-5,13H,6H2,1-3H3. The lowest BCUT2D eigenvalue weighted by Gasteiger charge is -2.13. The summed E-state index contributed by atoms with van der Waals surface area (Å²) < 4.78 is 13.3. The highest BCUT2D eigenvalue weighted by Crippen LogP contribution is 2.17. The van der Waals surface area contributed by atoms with E-state index in [0.717, 1.165) is 16.2 Å². The van der Waals surface area contributed by atoms with Gasteiger partial charge in [0.15, 0.2) is 0 Å². The van der Waals surface area contributed by atoms with Gasteiger partial charge in [-0.2, -0.15) is 5.06 Å². The third-order valence-corrected chi connectivity index (χ3v) is 2.20. The van der Waals surface area contributed by atoms with Crippen molar-refractivity contribution >= 4 is 0 Å². The smallest absolute Gasteiger partial charge is 0.128 e. The van der Waals surface area contributed by atoms with E-state index in [1.54, 1.807) is 6.07 Å². The summed E-state index contributed by atoms with van der Waals surface area (Å²) in [6.07, 6.45) is 0. The Kier molecular flexibility index (Phi) is 3.01. The van der Waals surface area contributed by atoms with Crippen LogP contribution in [0, 0.1) is 19.7 Å². The normalized spacial score (nSPS) is 10.9. The number of nitrogens with zero attached hydrogens (tertiary/aromatic N) is 1. The predicted molar refractivity (Wildman–Crippen MR) is 49.1 cm³/mol. The first kappa shape index (κ1) is 10.2. The van der Waals surface area contributed by atoms with E-state index in [1.165, 1.54) is 13.1 Å². The molecule has 13 heavy (non-hydrogen) atoms. The summed E-state index contributed by atoms with van der Waals surface area (Å²) in [7, 11) is 1.50. The van der Waals surface area contributed by atoms with Gasteiger partial charge >= 0.3 is 0 Å². The Morgan fingerprint density at radius 1 is 1.38 bits per heavy atom. The fraction of sp³-hybridized carbons (Fsp3) is 0.400. The zero-order valence-corrected chi connectivity index (χ0v) is 8.13. The van der Waals surface area contributed by atoms with E-state index in [1.807, 2.05) is 13.8 Å². The first-order valence-electron chi connectivity index (χ1n) is 4.17. The van der Waals surface area contributed by atoms with Crippen LogP contribution < -0.4 is 0 Å². The highest BCUT2D eigenvalue weighted by atomic mass is 19.1. The largest absolute Gasteiger partial charge is 0.314 e. The van der Waals surface area contributed by atoms with Crippen molar-refractivity contribution in [2.75, 3.05) is 7.05 Å². The minimum Gasteiger partial charge on any atom is -0.314 e. The van der Waals surface area contributed by atoms with E-state index in [-0.39, 0.29) is 12.4 Å². The molecule has 2 nitrogen and oxygen atoms in total. The molecule has 0 aliphatic heterocycles. The maximum atomic E-state index is 13.3. The molecule has 0 amide bonds. The van der Waals surface area contributed by atoms with Gasteiger partial charge in [0, 0.05) is 12.6 Å². The average Bonchev–Trinajstić information content (AvgIpc) is 2.05. The van der Waals surface area contributed by atoms with E-state index < -0.39 is 0 Å². The minimum absolute atomic E-state index is 0.222. The lowest BCUT2D eigenvalue weighted by molar-refractivity contribution is -0.0740. The number of halogens is 1. The Morgan fingerprint density at radius 2 is 2.00 bits per heavy atom. The van der Waals surface area contributed by atoms with Crippen LogP contribution in [0.2, 0.25) is 0 Å². The molecule has 0 spiro atoms. The van der Waals surface area contributed by atoms with Gasteiger partial charge in [-0.05, 0) is 31.0 Å². The SMILES string of the molecule is Cc1ccc(F)c(CN(C)O)c1C. The summed E-state index contributed by atoms with van der Waals surface area (Å²) in [5.74, 6) is -0.260. The molecule has 1 aromatic carbocycles. The quantitative estimate of drug-likeness (QED) is 0.711. The molecule has 0 saturated carbocycles. The molecule has 0 unspecified atom stereocenters. The molecular formula is C10H14FNO. The van der Waals surface area contributed by atoms with Crippen LogP contribution in [-0.4, -0.2) is 17.3 Å². The Labute approximate surface area is 77.6 Å². The van der Waals surface area contributed by atoms with Crippen molar-refractivity contribution in [2.45, 2.75) is 20.4 Å². The lowest BCUT2D eigenvalue weighted by Crippen LogP contribution is -2.14. The molecule has 0 radical (unpaired) electrons. The van der Waals surface area contributed by atoms with E-state index in [9.17, 15) is 4.39 Å². The minimum atomic E-state index is -0.260. The maximum Gasteiger partial charge on any atom is 0.128 e. The van der Waals surface area contributed by atoms with Crippen LogP contribution in [0.3, 0.4) is 0 Å². The summed E-state index contributed by atoms with van der Waals surface area (Å²) in [4.78, 5) is 0. The zero-order chi connectivity index (χ0) is 10.0. The van der Waals surface area contributed by atoms with Gasteiger partial charge < -0.3 is 5.21 Å². The van der Waals surface area contributed by atoms with Gasteiger partial charge in [0.25, 0.3) is 0 Å². The topological polar surface area (TPSA) is 23.5 Å². The van der Waals surface area contributed by atoms with E-state index in [2.05, 4.69) is 0 Å². The van der Waals surface area contributed by atoms with Crippen molar-refractivity contribution in [1.29, 1.82) is 0 Å². The Morgan fingerprint density at radius 3 is 2.54 bits per heavy atom. The number of hydrogen-bond acceptors (Lipinski definition) is 2. The summed E-state index contributed by atoms with van der Waals surface area (Å²) in [6, 6.07) is 3.17. The molecule has 3 heteroatoms. The molecule has 1 aromatic rings. The molecule has 0 fully saturated rings. The van der Waals surface area contributed by atoms with Gasteiger partial charge in [0.1, 0.15) is 5.82 Å². The maximum absolute atomic E-state index is 13.3. The van der Waals surface area contributed by atoms with Gasteiger partial charge in [-0.25, -0.2) is 4.39 Å². The lowest BCUT2D eigenvalue weighted by atomic mass is 10.0. The predicted octanol–water partition coefficient (Wildman–Crippen LogP) is 2.26. The molecule has 0 aromatic heterocycles. The number of benzene rings is 1.